The molecule has 2 rings (SSSR count). The van der Waals surface area contributed by atoms with E-state index in [0.29, 0.717) is 23.1 Å². The molecule has 2 aromatic rings. The molecule has 0 bridgehead atoms. The van der Waals surface area contributed by atoms with Gasteiger partial charge >= 0.3 is 0 Å². The third kappa shape index (κ3) is 5.79. The third-order valence-corrected chi connectivity index (χ3v) is 3.20. The number of halogens is 2. The molecule has 0 heterocycles. The second-order valence-electron chi connectivity index (χ2n) is 4.81. The van der Waals surface area contributed by atoms with E-state index in [9.17, 15) is 9.18 Å². The Morgan fingerprint density at radius 3 is 2.65 bits per heavy atom. The first kappa shape index (κ1) is 17.1. The van der Waals surface area contributed by atoms with Crippen LogP contribution in [0.4, 0.5) is 4.39 Å². The van der Waals surface area contributed by atoms with Crippen molar-refractivity contribution in [1.29, 1.82) is 0 Å². The van der Waals surface area contributed by atoms with Gasteiger partial charge in [0.2, 0.25) is 0 Å². The van der Waals surface area contributed by atoms with Crippen LogP contribution < -0.4 is 14.8 Å². The summed E-state index contributed by atoms with van der Waals surface area (Å²) in [7, 11) is 0. The summed E-state index contributed by atoms with van der Waals surface area (Å²) in [6, 6.07) is 12.5. The molecule has 0 aliphatic carbocycles. The summed E-state index contributed by atoms with van der Waals surface area (Å²) >= 11 is 5.86. The van der Waals surface area contributed by atoms with Gasteiger partial charge in [-0.2, -0.15) is 0 Å². The minimum atomic E-state index is -0.653. The zero-order valence-corrected chi connectivity index (χ0v) is 13.3. The molecule has 0 saturated carbocycles. The lowest BCUT2D eigenvalue weighted by molar-refractivity contribution is -0.127. The Labute approximate surface area is 139 Å². The van der Waals surface area contributed by atoms with Gasteiger partial charge < -0.3 is 14.8 Å². The van der Waals surface area contributed by atoms with Crippen LogP contribution in [0.15, 0.2) is 48.5 Å². The van der Waals surface area contributed by atoms with Crippen LogP contribution in [0.1, 0.15) is 6.92 Å². The molecule has 0 aliphatic rings. The molecule has 0 fully saturated rings. The second-order valence-corrected chi connectivity index (χ2v) is 5.25. The highest BCUT2D eigenvalue weighted by Gasteiger charge is 2.14. The van der Waals surface area contributed by atoms with Crippen molar-refractivity contribution in [2.45, 2.75) is 13.0 Å². The minimum Gasteiger partial charge on any atom is -0.492 e. The molecule has 1 amide bonds. The van der Waals surface area contributed by atoms with Gasteiger partial charge in [-0.25, -0.2) is 4.39 Å². The van der Waals surface area contributed by atoms with E-state index in [1.807, 2.05) is 0 Å². The molecule has 4 nitrogen and oxygen atoms in total. The van der Waals surface area contributed by atoms with E-state index in [4.69, 9.17) is 21.1 Å². The van der Waals surface area contributed by atoms with Crippen molar-refractivity contribution in [1.82, 2.24) is 5.32 Å². The number of rotatable bonds is 7. The molecule has 0 saturated heterocycles. The molecular formula is C17H17ClFNO3. The number of carbonyl (C=O) groups is 1. The lowest BCUT2D eigenvalue weighted by atomic mass is 10.3. The molecule has 0 radical (unpaired) electrons. The van der Waals surface area contributed by atoms with E-state index in [1.165, 1.54) is 24.3 Å². The van der Waals surface area contributed by atoms with Crippen LogP contribution >= 0.6 is 11.6 Å². The summed E-state index contributed by atoms with van der Waals surface area (Å²) in [5, 5.41) is 3.25. The normalized spacial score (nSPS) is 11.6. The third-order valence-electron chi connectivity index (χ3n) is 2.96. The van der Waals surface area contributed by atoms with Crippen molar-refractivity contribution in [3.05, 3.63) is 59.4 Å². The van der Waals surface area contributed by atoms with Gasteiger partial charge in [0.25, 0.3) is 5.91 Å². The Balaban J connectivity index is 1.70. The maximum absolute atomic E-state index is 12.7. The highest BCUT2D eigenvalue weighted by atomic mass is 35.5. The maximum Gasteiger partial charge on any atom is 0.260 e. The van der Waals surface area contributed by atoms with Gasteiger partial charge in [0.05, 0.1) is 6.54 Å². The van der Waals surface area contributed by atoms with Gasteiger partial charge in [-0.3, -0.25) is 4.79 Å². The molecular weight excluding hydrogens is 321 g/mol. The molecule has 1 unspecified atom stereocenters. The van der Waals surface area contributed by atoms with Crippen LogP contribution in [0, 0.1) is 5.82 Å². The number of nitrogens with one attached hydrogen (secondary N) is 1. The van der Waals surface area contributed by atoms with Crippen molar-refractivity contribution < 1.29 is 18.7 Å². The minimum absolute atomic E-state index is 0.257. The molecule has 2 aromatic carbocycles. The predicted octanol–water partition coefficient (Wildman–Crippen LogP) is 3.44. The highest BCUT2D eigenvalue weighted by molar-refractivity contribution is 6.30. The summed E-state index contributed by atoms with van der Waals surface area (Å²) in [6.45, 7) is 2.25. The SMILES string of the molecule is CC(Oc1cccc(Cl)c1)C(=O)NCCOc1ccc(F)cc1. The molecule has 6 heteroatoms. The molecule has 0 aromatic heterocycles. The van der Waals surface area contributed by atoms with Crippen molar-refractivity contribution in [3.8, 4) is 11.5 Å². The van der Waals surface area contributed by atoms with Crippen LogP contribution in [-0.2, 0) is 4.79 Å². The fourth-order valence-electron chi connectivity index (χ4n) is 1.82. The van der Waals surface area contributed by atoms with Gasteiger partial charge in [0.15, 0.2) is 6.10 Å². The van der Waals surface area contributed by atoms with E-state index in [0.717, 1.165) is 0 Å². The number of hydrogen-bond acceptors (Lipinski definition) is 3. The summed E-state index contributed by atoms with van der Waals surface area (Å²) in [5.41, 5.74) is 0. The van der Waals surface area contributed by atoms with E-state index in [-0.39, 0.29) is 18.3 Å². The van der Waals surface area contributed by atoms with Crippen molar-refractivity contribution in [2.24, 2.45) is 0 Å². The molecule has 0 aliphatic heterocycles. The first-order valence-corrected chi connectivity index (χ1v) is 7.50. The Bertz CT molecular complexity index is 649. The summed E-state index contributed by atoms with van der Waals surface area (Å²) in [5.74, 6) is 0.497. The zero-order valence-electron chi connectivity index (χ0n) is 12.6. The van der Waals surface area contributed by atoms with E-state index in [2.05, 4.69) is 5.32 Å². The van der Waals surface area contributed by atoms with Gasteiger partial charge in [-0.15, -0.1) is 0 Å². The van der Waals surface area contributed by atoms with E-state index in [1.54, 1.807) is 31.2 Å². The Kier molecular flexibility index (Phi) is 6.23. The number of hydrogen-bond donors (Lipinski definition) is 1. The lowest BCUT2D eigenvalue weighted by Gasteiger charge is -2.15. The van der Waals surface area contributed by atoms with Crippen LogP contribution in [0.3, 0.4) is 0 Å². The molecule has 0 spiro atoms. The average molecular weight is 338 g/mol. The molecule has 122 valence electrons. The quantitative estimate of drug-likeness (QED) is 0.787. The molecule has 1 atom stereocenters. The van der Waals surface area contributed by atoms with E-state index < -0.39 is 6.10 Å². The maximum atomic E-state index is 12.7. The lowest BCUT2D eigenvalue weighted by Crippen LogP contribution is -2.38. The van der Waals surface area contributed by atoms with Crippen LogP contribution in [-0.4, -0.2) is 25.2 Å². The number of benzene rings is 2. The Morgan fingerprint density at radius 1 is 1.22 bits per heavy atom. The van der Waals surface area contributed by atoms with Gasteiger partial charge in [-0.1, -0.05) is 17.7 Å². The molecule has 23 heavy (non-hydrogen) atoms. The highest BCUT2D eigenvalue weighted by Crippen LogP contribution is 2.18. The van der Waals surface area contributed by atoms with Gasteiger partial charge in [0, 0.05) is 5.02 Å². The number of amides is 1. The largest absolute Gasteiger partial charge is 0.492 e. The van der Waals surface area contributed by atoms with Crippen LogP contribution in [0.25, 0.3) is 0 Å². The standard InChI is InChI=1S/C17H17ClFNO3/c1-12(23-16-4-2-3-13(18)11-16)17(21)20-9-10-22-15-7-5-14(19)6-8-15/h2-8,11-12H,9-10H2,1H3,(H,20,21). The first-order chi connectivity index (χ1) is 11.0. The average Bonchev–Trinajstić information content (AvgIpc) is 2.53. The predicted molar refractivity (Wildman–Crippen MR) is 86.4 cm³/mol. The topological polar surface area (TPSA) is 47.6 Å². The van der Waals surface area contributed by atoms with Crippen molar-refractivity contribution >= 4 is 17.5 Å². The Hall–Kier alpha value is -2.27. The summed E-state index contributed by atoms with van der Waals surface area (Å²) < 4.78 is 23.6. The Morgan fingerprint density at radius 2 is 1.96 bits per heavy atom. The second kappa shape index (κ2) is 8.39. The van der Waals surface area contributed by atoms with Crippen molar-refractivity contribution in [3.63, 3.8) is 0 Å². The van der Waals surface area contributed by atoms with Crippen molar-refractivity contribution in [2.75, 3.05) is 13.2 Å². The fraction of sp³-hybridized carbons (Fsp3) is 0.235. The van der Waals surface area contributed by atoms with Crippen LogP contribution in [0.2, 0.25) is 5.02 Å². The fourth-order valence-corrected chi connectivity index (χ4v) is 2.00. The van der Waals surface area contributed by atoms with E-state index >= 15 is 0 Å². The van der Waals surface area contributed by atoms with Crippen LogP contribution in [0.5, 0.6) is 11.5 Å². The molecule has 1 N–H and O–H groups in total. The number of carbonyl (C=O) groups excluding carboxylic acids is 1. The first-order valence-electron chi connectivity index (χ1n) is 7.13. The monoisotopic (exact) mass is 337 g/mol. The zero-order chi connectivity index (χ0) is 16.7. The summed E-state index contributed by atoms with van der Waals surface area (Å²) in [6.07, 6.45) is -0.653. The smallest absolute Gasteiger partial charge is 0.260 e. The number of ether oxygens (including phenoxy) is 2. The summed E-state index contributed by atoms with van der Waals surface area (Å²) in [4.78, 5) is 11.9. The van der Waals surface area contributed by atoms with Gasteiger partial charge in [0.1, 0.15) is 23.9 Å². The van der Waals surface area contributed by atoms with Gasteiger partial charge in [-0.05, 0) is 49.4 Å².